The molecule has 1 aliphatic carbocycles. The van der Waals surface area contributed by atoms with E-state index in [9.17, 15) is 27.6 Å². The van der Waals surface area contributed by atoms with Crippen molar-refractivity contribution in [3.8, 4) is 0 Å². The van der Waals surface area contributed by atoms with Crippen LogP contribution in [0.3, 0.4) is 0 Å². The highest BCUT2D eigenvalue weighted by Crippen LogP contribution is 2.29. The molecule has 3 amide bonds. The van der Waals surface area contributed by atoms with Crippen molar-refractivity contribution in [3.63, 3.8) is 0 Å². The Bertz CT molecular complexity index is 663. The third-order valence-electron chi connectivity index (χ3n) is 3.31. The third kappa shape index (κ3) is 4.86. The standard InChI is InChI=1S/C14H14F3N3O4/c15-14(16,17)8-3-1-2-7(4-8)12(22)18-6-11(21)19-9-5-10(9)20-13(23)24/h1-4,9-10,20H,5-6H2,(H,18,22)(H,19,21)(H,23,24)/t9-,10+/m0/s1. The monoisotopic (exact) mass is 345 g/mol. The summed E-state index contributed by atoms with van der Waals surface area (Å²) in [5.41, 5.74) is -1.17. The first-order valence-corrected chi connectivity index (χ1v) is 6.91. The van der Waals surface area contributed by atoms with Crippen LogP contribution in [-0.4, -0.2) is 41.6 Å². The molecule has 0 aromatic heterocycles. The van der Waals surface area contributed by atoms with Crippen molar-refractivity contribution < 1.29 is 32.7 Å². The molecule has 0 saturated heterocycles. The Morgan fingerprint density at radius 1 is 1.17 bits per heavy atom. The number of hydrogen-bond acceptors (Lipinski definition) is 3. The molecule has 0 unspecified atom stereocenters. The van der Waals surface area contributed by atoms with Gasteiger partial charge in [0.1, 0.15) is 0 Å². The fourth-order valence-corrected chi connectivity index (χ4v) is 2.03. The molecule has 1 fully saturated rings. The lowest BCUT2D eigenvalue weighted by Gasteiger charge is -2.09. The molecule has 0 heterocycles. The Kier molecular flexibility index (Phi) is 4.96. The molecule has 2 atom stereocenters. The van der Waals surface area contributed by atoms with Crippen LogP contribution in [0.25, 0.3) is 0 Å². The van der Waals surface area contributed by atoms with Crippen LogP contribution in [-0.2, 0) is 11.0 Å². The molecule has 1 aliphatic rings. The number of nitrogens with one attached hydrogen (secondary N) is 3. The van der Waals surface area contributed by atoms with E-state index >= 15 is 0 Å². The van der Waals surface area contributed by atoms with Crippen molar-refractivity contribution in [1.82, 2.24) is 16.0 Å². The number of rotatable bonds is 5. The van der Waals surface area contributed by atoms with Crippen molar-refractivity contribution in [2.24, 2.45) is 0 Å². The minimum Gasteiger partial charge on any atom is -0.465 e. The smallest absolute Gasteiger partial charge is 0.416 e. The van der Waals surface area contributed by atoms with Crippen LogP contribution >= 0.6 is 0 Å². The van der Waals surface area contributed by atoms with Gasteiger partial charge >= 0.3 is 12.3 Å². The summed E-state index contributed by atoms with van der Waals surface area (Å²) >= 11 is 0. The summed E-state index contributed by atoms with van der Waals surface area (Å²) in [6, 6.07) is 3.12. The summed E-state index contributed by atoms with van der Waals surface area (Å²) in [5, 5.41) is 15.4. The van der Waals surface area contributed by atoms with E-state index in [0.29, 0.717) is 12.5 Å². The van der Waals surface area contributed by atoms with Gasteiger partial charge in [-0.05, 0) is 24.6 Å². The van der Waals surface area contributed by atoms with E-state index in [1.165, 1.54) is 6.07 Å². The molecule has 4 N–H and O–H groups in total. The van der Waals surface area contributed by atoms with E-state index in [4.69, 9.17) is 5.11 Å². The van der Waals surface area contributed by atoms with Crippen molar-refractivity contribution in [3.05, 3.63) is 35.4 Å². The van der Waals surface area contributed by atoms with Crippen molar-refractivity contribution >= 4 is 17.9 Å². The van der Waals surface area contributed by atoms with E-state index in [1.807, 2.05) is 0 Å². The van der Waals surface area contributed by atoms with Gasteiger partial charge in [0, 0.05) is 5.56 Å². The maximum atomic E-state index is 12.6. The Hall–Kier alpha value is -2.78. The van der Waals surface area contributed by atoms with E-state index in [1.54, 1.807) is 0 Å². The van der Waals surface area contributed by atoms with E-state index in [2.05, 4.69) is 16.0 Å². The molecular formula is C14H14F3N3O4. The fraction of sp³-hybridized carbons (Fsp3) is 0.357. The molecule has 0 bridgehead atoms. The predicted molar refractivity (Wildman–Crippen MR) is 75.3 cm³/mol. The summed E-state index contributed by atoms with van der Waals surface area (Å²) in [6.07, 6.45) is -5.32. The largest absolute Gasteiger partial charge is 0.465 e. The quantitative estimate of drug-likeness (QED) is 0.637. The number of halogens is 3. The second kappa shape index (κ2) is 6.77. The molecular weight excluding hydrogens is 331 g/mol. The summed E-state index contributed by atoms with van der Waals surface area (Å²) in [5.74, 6) is -1.37. The Morgan fingerprint density at radius 3 is 2.46 bits per heavy atom. The first-order chi connectivity index (χ1) is 11.2. The minimum absolute atomic E-state index is 0.213. The number of hydrogen-bond donors (Lipinski definition) is 4. The van der Waals surface area contributed by atoms with E-state index in [-0.39, 0.29) is 17.6 Å². The normalized spacial score (nSPS) is 19.3. The maximum absolute atomic E-state index is 12.6. The predicted octanol–water partition coefficient (Wildman–Crippen LogP) is 0.960. The van der Waals surface area contributed by atoms with Crippen molar-refractivity contribution in [2.45, 2.75) is 24.7 Å². The van der Waals surface area contributed by atoms with Crippen LogP contribution in [0, 0.1) is 0 Å². The lowest BCUT2D eigenvalue weighted by atomic mass is 10.1. The highest BCUT2D eigenvalue weighted by atomic mass is 19.4. The van der Waals surface area contributed by atoms with Gasteiger partial charge in [0.05, 0.1) is 24.2 Å². The number of carbonyl (C=O) groups excluding carboxylic acids is 2. The van der Waals surface area contributed by atoms with Gasteiger partial charge in [0.15, 0.2) is 0 Å². The summed E-state index contributed by atoms with van der Waals surface area (Å²) in [7, 11) is 0. The number of carbonyl (C=O) groups is 3. The summed E-state index contributed by atoms with van der Waals surface area (Å²) in [6.45, 7) is -0.425. The summed E-state index contributed by atoms with van der Waals surface area (Å²) < 4.78 is 37.7. The lowest BCUT2D eigenvalue weighted by Crippen LogP contribution is -2.40. The Balaban J connectivity index is 1.81. The second-order valence-corrected chi connectivity index (χ2v) is 5.23. The van der Waals surface area contributed by atoms with Gasteiger partial charge in [-0.2, -0.15) is 13.2 Å². The molecule has 1 aromatic carbocycles. The SMILES string of the molecule is O=C(O)N[C@@H]1C[C@@H]1NC(=O)CNC(=O)c1cccc(C(F)(F)F)c1. The van der Waals surface area contributed by atoms with Gasteiger partial charge < -0.3 is 21.1 Å². The van der Waals surface area contributed by atoms with E-state index < -0.39 is 36.2 Å². The molecule has 7 nitrogen and oxygen atoms in total. The Morgan fingerprint density at radius 2 is 1.83 bits per heavy atom. The Labute approximate surface area is 134 Å². The van der Waals surface area contributed by atoms with Gasteiger partial charge in [0.2, 0.25) is 5.91 Å². The highest BCUT2D eigenvalue weighted by molar-refractivity contribution is 5.96. The van der Waals surface area contributed by atoms with Crippen LogP contribution in [0.1, 0.15) is 22.3 Å². The molecule has 130 valence electrons. The summed E-state index contributed by atoms with van der Waals surface area (Å²) in [4.78, 5) is 33.8. The zero-order valence-corrected chi connectivity index (χ0v) is 12.2. The average Bonchev–Trinajstić information content (AvgIpc) is 3.20. The van der Waals surface area contributed by atoms with Gasteiger partial charge in [-0.25, -0.2) is 4.79 Å². The van der Waals surface area contributed by atoms with Crippen LogP contribution in [0.4, 0.5) is 18.0 Å². The molecule has 0 radical (unpaired) electrons. The van der Waals surface area contributed by atoms with Gasteiger partial charge in [-0.1, -0.05) is 6.07 Å². The average molecular weight is 345 g/mol. The number of benzene rings is 1. The zero-order chi connectivity index (χ0) is 17.9. The molecule has 0 spiro atoms. The highest BCUT2D eigenvalue weighted by Gasteiger charge is 2.39. The zero-order valence-electron chi connectivity index (χ0n) is 12.2. The van der Waals surface area contributed by atoms with Crippen LogP contribution < -0.4 is 16.0 Å². The van der Waals surface area contributed by atoms with Gasteiger partial charge in [0.25, 0.3) is 5.91 Å². The fourth-order valence-electron chi connectivity index (χ4n) is 2.03. The third-order valence-corrected chi connectivity index (χ3v) is 3.31. The number of alkyl halides is 3. The molecule has 1 saturated carbocycles. The van der Waals surface area contributed by atoms with Crippen LogP contribution in [0.15, 0.2) is 24.3 Å². The maximum Gasteiger partial charge on any atom is 0.416 e. The van der Waals surface area contributed by atoms with E-state index in [0.717, 1.165) is 12.1 Å². The molecule has 10 heteroatoms. The van der Waals surface area contributed by atoms with Crippen LogP contribution in [0.2, 0.25) is 0 Å². The molecule has 0 aliphatic heterocycles. The topological polar surface area (TPSA) is 108 Å². The van der Waals surface area contributed by atoms with Crippen molar-refractivity contribution in [2.75, 3.05) is 6.54 Å². The first kappa shape index (κ1) is 17.6. The molecule has 2 rings (SSSR count). The first-order valence-electron chi connectivity index (χ1n) is 6.91. The lowest BCUT2D eigenvalue weighted by molar-refractivity contribution is -0.137. The van der Waals surface area contributed by atoms with Crippen LogP contribution in [0.5, 0.6) is 0 Å². The van der Waals surface area contributed by atoms with Crippen molar-refractivity contribution in [1.29, 1.82) is 0 Å². The molecule has 24 heavy (non-hydrogen) atoms. The van der Waals surface area contributed by atoms with Gasteiger partial charge in [-0.3, -0.25) is 9.59 Å². The second-order valence-electron chi connectivity index (χ2n) is 5.23. The molecule has 1 aromatic rings. The number of amides is 3. The number of carboxylic acid groups (broad SMARTS) is 1. The minimum atomic E-state index is -4.56. The van der Waals surface area contributed by atoms with Gasteiger partial charge in [-0.15, -0.1) is 0 Å².